The van der Waals surface area contributed by atoms with E-state index in [9.17, 15) is 0 Å². The molecule has 0 aliphatic heterocycles. The Kier molecular flexibility index (Phi) is 1.25. The van der Waals surface area contributed by atoms with Gasteiger partial charge in [-0.15, -0.1) is 0 Å². The third-order valence-electron chi connectivity index (χ3n) is 0.807. The van der Waals surface area contributed by atoms with Crippen molar-refractivity contribution < 1.29 is 5.11 Å². The SMILES string of the molecule is Cn1cc(O)nc1Br. The largest absolute Gasteiger partial charge is 0.492 e. The van der Waals surface area contributed by atoms with E-state index in [-0.39, 0.29) is 5.88 Å². The molecule has 1 aromatic heterocycles. The van der Waals surface area contributed by atoms with Gasteiger partial charge >= 0.3 is 0 Å². The molecule has 1 N–H and O–H groups in total. The van der Waals surface area contributed by atoms with Gasteiger partial charge in [-0.3, -0.25) is 0 Å². The summed E-state index contributed by atoms with van der Waals surface area (Å²) in [6.07, 6.45) is 1.52. The van der Waals surface area contributed by atoms with Crippen molar-refractivity contribution >= 4 is 15.9 Å². The molecule has 8 heavy (non-hydrogen) atoms. The minimum atomic E-state index is 0.0411. The van der Waals surface area contributed by atoms with Gasteiger partial charge < -0.3 is 9.67 Å². The van der Waals surface area contributed by atoms with Gasteiger partial charge in [0.05, 0.1) is 6.20 Å². The standard InChI is InChI=1S/C4H5BrN2O/c1-7-2-3(8)6-4(7)5/h2,8H,1H3. The van der Waals surface area contributed by atoms with Gasteiger partial charge in [0.15, 0.2) is 4.73 Å². The van der Waals surface area contributed by atoms with Crippen LogP contribution in [-0.4, -0.2) is 14.7 Å². The first-order chi connectivity index (χ1) is 3.70. The Morgan fingerprint density at radius 1 is 1.88 bits per heavy atom. The molecular formula is C4H5BrN2O. The summed E-state index contributed by atoms with van der Waals surface area (Å²) in [5.74, 6) is 0.0411. The number of hydrogen-bond donors (Lipinski definition) is 1. The Morgan fingerprint density at radius 2 is 2.50 bits per heavy atom. The highest BCUT2D eigenvalue weighted by Crippen LogP contribution is 2.11. The van der Waals surface area contributed by atoms with E-state index >= 15 is 0 Å². The van der Waals surface area contributed by atoms with Crippen LogP contribution in [0.15, 0.2) is 10.9 Å². The van der Waals surface area contributed by atoms with Gasteiger partial charge in [-0.05, 0) is 15.9 Å². The normalized spacial score (nSPS) is 9.75. The first kappa shape index (κ1) is 5.62. The highest BCUT2D eigenvalue weighted by Gasteiger charge is 1.96. The Labute approximate surface area is 55.1 Å². The Hall–Kier alpha value is -0.510. The summed E-state index contributed by atoms with van der Waals surface area (Å²) >= 11 is 3.11. The third-order valence-corrected chi connectivity index (χ3v) is 1.54. The van der Waals surface area contributed by atoms with E-state index in [1.165, 1.54) is 6.20 Å². The second-order valence-electron chi connectivity index (χ2n) is 1.48. The van der Waals surface area contributed by atoms with Gasteiger partial charge in [0.1, 0.15) is 0 Å². The monoisotopic (exact) mass is 176 g/mol. The molecule has 0 saturated heterocycles. The van der Waals surface area contributed by atoms with Crippen LogP contribution in [0.1, 0.15) is 0 Å². The average Bonchev–Trinajstić information content (AvgIpc) is 1.85. The Morgan fingerprint density at radius 3 is 2.62 bits per heavy atom. The van der Waals surface area contributed by atoms with Crippen molar-refractivity contribution in [1.82, 2.24) is 9.55 Å². The van der Waals surface area contributed by atoms with E-state index in [0.29, 0.717) is 4.73 Å². The number of aryl methyl sites for hydroxylation is 1. The topological polar surface area (TPSA) is 38.0 Å². The molecule has 3 nitrogen and oxygen atoms in total. The molecule has 1 rings (SSSR count). The van der Waals surface area contributed by atoms with Crippen LogP contribution in [0.3, 0.4) is 0 Å². The van der Waals surface area contributed by atoms with Crippen molar-refractivity contribution in [1.29, 1.82) is 0 Å². The summed E-state index contributed by atoms with van der Waals surface area (Å²) in [4.78, 5) is 3.65. The van der Waals surface area contributed by atoms with Crippen molar-refractivity contribution in [3.8, 4) is 5.88 Å². The smallest absolute Gasteiger partial charge is 0.230 e. The number of nitrogens with zero attached hydrogens (tertiary/aromatic N) is 2. The molecule has 4 heteroatoms. The van der Waals surface area contributed by atoms with Crippen LogP contribution in [0.5, 0.6) is 5.88 Å². The lowest BCUT2D eigenvalue weighted by molar-refractivity contribution is 0.455. The van der Waals surface area contributed by atoms with E-state index in [2.05, 4.69) is 20.9 Å². The summed E-state index contributed by atoms with van der Waals surface area (Å²) < 4.78 is 2.31. The molecule has 0 radical (unpaired) electrons. The molecule has 0 bridgehead atoms. The molecule has 0 saturated carbocycles. The molecule has 1 heterocycles. The highest BCUT2D eigenvalue weighted by atomic mass is 79.9. The number of imidazole rings is 1. The fourth-order valence-electron chi connectivity index (χ4n) is 0.429. The minimum absolute atomic E-state index is 0.0411. The van der Waals surface area contributed by atoms with Crippen molar-refractivity contribution in [3.05, 3.63) is 10.9 Å². The number of halogens is 1. The number of hydrogen-bond acceptors (Lipinski definition) is 2. The molecule has 0 atom stereocenters. The molecule has 0 aliphatic rings. The Balaban J connectivity index is 3.14. The van der Waals surface area contributed by atoms with E-state index in [1.807, 2.05) is 0 Å². The molecule has 0 amide bonds. The maximum absolute atomic E-state index is 8.67. The highest BCUT2D eigenvalue weighted by molar-refractivity contribution is 9.10. The molecule has 0 fully saturated rings. The molecule has 0 unspecified atom stereocenters. The van der Waals surface area contributed by atoms with Crippen LogP contribution >= 0.6 is 15.9 Å². The maximum atomic E-state index is 8.67. The van der Waals surface area contributed by atoms with Gasteiger partial charge in [0, 0.05) is 7.05 Å². The number of rotatable bonds is 0. The quantitative estimate of drug-likeness (QED) is 0.638. The Bertz CT molecular complexity index is 176. The lowest BCUT2D eigenvalue weighted by atomic mass is 10.8. The number of aromatic hydroxyl groups is 1. The lowest BCUT2D eigenvalue weighted by Gasteiger charge is -1.84. The first-order valence-corrected chi connectivity index (χ1v) is 2.87. The fraction of sp³-hybridized carbons (Fsp3) is 0.250. The van der Waals surface area contributed by atoms with Crippen LogP contribution in [0, 0.1) is 0 Å². The summed E-state index contributed by atoms with van der Waals surface area (Å²) in [6, 6.07) is 0. The van der Waals surface area contributed by atoms with Crippen LogP contribution in [0.25, 0.3) is 0 Å². The van der Waals surface area contributed by atoms with E-state index < -0.39 is 0 Å². The van der Waals surface area contributed by atoms with E-state index in [4.69, 9.17) is 5.11 Å². The molecule has 44 valence electrons. The van der Waals surface area contributed by atoms with Crippen molar-refractivity contribution in [2.75, 3.05) is 0 Å². The van der Waals surface area contributed by atoms with Gasteiger partial charge in [0.25, 0.3) is 0 Å². The van der Waals surface area contributed by atoms with Crippen LogP contribution in [0.2, 0.25) is 0 Å². The molecule has 0 aliphatic carbocycles. The molecule has 1 aromatic rings. The predicted molar refractivity (Wildman–Crippen MR) is 32.6 cm³/mol. The molecule has 0 aromatic carbocycles. The summed E-state index contributed by atoms with van der Waals surface area (Å²) in [5, 5.41) is 8.67. The van der Waals surface area contributed by atoms with Gasteiger partial charge in [-0.2, -0.15) is 4.98 Å². The summed E-state index contributed by atoms with van der Waals surface area (Å²) in [5.41, 5.74) is 0. The third kappa shape index (κ3) is 0.838. The van der Waals surface area contributed by atoms with E-state index in [1.54, 1.807) is 11.6 Å². The first-order valence-electron chi connectivity index (χ1n) is 2.08. The van der Waals surface area contributed by atoms with Gasteiger partial charge in [0.2, 0.25) is 5.88 Å². The fourth-order valence-corrected chi connectivity index (χ4v) is 0.713. The maximum Gasteiger partial charge on any atom is 0.230 e. The van der Waals surface area contributed by atoms with Gasteiger partial charge in [-0.1, -0.05) is 0 Å². The second kappa shape index (κ2) is 1.78. The predicted octanol–water partition coefficient (Wildman–Crippen LogP) is 0.888. The van der Waals surface area contributed by atoms with Crippen LogP contribution in [-0.2, 0) is 7.05 Å². The van der Waals surface area contributed by atoms with Crippen molar-refractivity contribution in [2.45, 2.75) is 0 Å². The van der Waals surface area contributed by atoms with Gasteiger partial charge in [-0.25, -0.2) is 0 Å². The summed E-state index contributed by atoms with van der Waals surface area (Å²) in [7, 11) is 1.79. The average molecular weight is 177 g/mol. The van der Waals surface area contributed by atoms with Crippen molar-refractivity contribution in [3.63, 3.8) is 0 Å². The van der Waals surface area contributed by atoms with Crippen molar-refractivity contribution in [2.24, 2.45) is 7.05 Å². The minimum Gasteiger partial charge on any atom is -0.492 e. The summed E-state index contributed by atoms with van der Waals surface area (Å²) in [6.45, 7) is 0. The second-order valence-corrected chi connectivity index (χ2v) is 2.19. The van der Waals surface area contributed by atoms with Crippen LogP contribution in [0.4, 0.5) is 0 Å². The van der Waals surface area contributed by atoms with Crippen LogP contribution < -0.4 is 0 Å². The zero-order valence-corrected chi connectivity index (χ0v) is 5.88. The molecule has 0 spiro atoms. The van der Waals surface area contributed by atoms with E-state index in [0.717, 1.165) is 0 Å². The zero-order valence-electron chi connectivity index (χ0n) is 4.30. The lowest BCUT2D eigenvalue weighted by Crippen LogP contribution is -1.82. The zero-order chi connectivity index (χ0) is 6.15. The number of aromatic nitrogens is 2. The molecular weight excluding hydrogens is 172 g/mol.